The van der Waals surface area contributed by atoms with Gasteiger partial charge in [0.05, 0.1) is 22.4 Å². The Morgan fingerprint density at radius 3 is 2.31 bits per heavy atom. The van der Waals surface area contributed by atoms with E-state index in [1.807, 2.05) is 41.1 Å². The molecule has 1 N–H and O–H groups in total. The van der Waals surface area contributed by atoms with Crippen LogP contribution in [-0.4, -0.2) is 27.7 Å². The molecule has 29 heavy (non-hydrogen) atoms. The number of nitrogens with zero attached hydrogens (tertiary/aromatic N) is 3. The first-order valence-electron chi connectivity index (χ1n) is 9.73. The van der Waals surface area contributed by atoms with Crippen molar-refractivity contribution in [1.82, 2.24) is 15.1 Å². The third-order valence-electron chi connectivity index (χ3n) is 5.01. The quantitative estimate of drug-likeness (QED) is 0.377. The molecular formula is C22H19Cl3N4. The number of amidine groups is 1. The Morgan fingerprint density at radius 1 is 0.931 bits per heavy atom. The van der Waals surface area contributed by atoms with Crippen LogP contribution >= 0.6 is 34.8 Å². The van der Waals surface area contributed by atoms with E-state index in [1.165, 1.54) is 12.8 Å². The van der Waals surface area contributed by atoms with Crippen LogP contribution in [0.1, 0.15) is 31.4 Å². The Balaban J connectivity index is 1.64. The summed E-state index contributed by atoms with van der Waals surface area (Å²) in [5.41, 5.74) is 3.50. The monoisotopic (exact) mass is 444 g/mol. The van der Waals surface area contributed by atoms with Crippen molar-refractivity contribution in [2.45, 2.75) is 37.8 Å². The van der Waals surface area contributed by atoms with Gasteiger partial charge in [0.25, 0.3) is 0 Å². The molecule has 2 aromatic carbocycles. The number of aliphatic imine (C=N–C) groups is 1. The molecule has 0 spiro atoms. The third kappa shape index (κ3) is 4.30. The van der Waals surface area contributed by atoms with Gasteiger partial charge < -0.3 is 5.32 Å². The number of hydrogen-bond donors (Lipinski definition) is 1. The summed E-state index contributed by atoms with van der Waals surface area (Å²) in [5.74, 6) is 0.869. The van der Waals surface area contributed by atoms with E-state index in [1.54, 1.807) is 6.07 Å². The van der Waals surface area contributed by atoms with Crippen LogP contribution in [0.25, 0.3) is 16.9 Å². The minimum atomic E-state index is 0.402. The van der Waals surface area contributed by atoms with E-state index >= 15 is 0 Å². The molecule has 0 unspecified atom stereocenters. The first-order chi connectivity index (χ1) is 14.1. The second kappa shape index (κ2) is 7.67. The van der Waals surface area contributed by atoms with Crippen LogP contribution in [0.4, 0.5) is 0 Å². The fourth-order valence-corrected chi connectivity index (χ4v) is 3.76. The van der Waals surface area contributed by atoms with E-state index in [9.17, 15) is 0 Å². The first-order valence-corrected chi connectivity index (χ1v) is 10.9. The SMILES string of the molecule is Clc1ccc(-c2cc(C(=NC3CC3)NC3CC3)nn2-c2ccc(Cl)cc2Cl)cc1. The molecule has 0 amide bonds. The standard InChI is InChI=1S/C22H19Cl3N4/c23-14-3-1-13(2-4-14)21-12-19(22(26-16-6-7-16)27-17-8-9-17)28-29(21)20-10-5-15(24)11-18(20)25/h1-5,10-12,16-17H,6-9H2,(H,26,27). The molecule has 0 atom stereocenters. The predicted octanol–water partition coefficient (Wildman–Crippen LogP) is 6.16. The zero-order chi connectivity index (χ0) is 20.0. The fourth-order valence-electron chi connectivity index (χ4n) is 3.14. The lowest BCUT2D eigenvalue weighted by Gasteiger charge is -2.10. The lowest BCUT2D eigenvalue weighted by molar-refractivity contribution is 0.852. The lowest BCUT2D eigenvalue weighted by Crippen LogP contribution is -2.27. The van der Waals surface area contributed by atoms with E-state index in [4.69, 9.17) is 44.9 Å². The first kappa shape index (κ1) is 19.0. The number of aromatic nitrogens is 2. The minimum Gasteiger partial charge on any atom is -0.366 e. The molecule has 0 aliphatic heterocycles. The Hall–Kier alpha value is -2.01. The summed E-state index contributed by atoms with van der Waals surface area (Å²) in [4.78, 5) is 4.89. The van der Waals surface area contributed by atoms with Gasteiger partial charge in [-0.2, -0.15) is 5.10 Å². The summed E-state index contributed by atoms with van der Waals surface area (Å²) < 4.78 is 1.86. The van der Waals surface area contributed by atoms with Crippen molar-refractivity contribution in [3.63, 3.8) is 0 Å². The number of hydrogen-bond acceptors (Lipinski definition) is 2. The second-order valence-electron chi connectivity index (χ2n) is 7.56. The summed E-state index contributed by atoms with van der Waals surface area (Å²) in [6.07, 6.45) is 4.64. The maximum Gasteiger partial charge on any atom is 0.149 e. The van der Waals surface area contributed by atoms with Gasteiger partial charge in [-0.05, 0) is 62.1 Å². The van der Waals surface area contributed by atoms with Crippen molar-refractivity contribution in [1.29, 1.82) is 0 Å². The van der Waals surface area contributed by atoms with Crippen LogP contribution in [0.15, 0.2) is 53.5 Å². The average molecular weight is 446 g/mol. The highest BCUT2D eigenvalue weighted by Gasteiger charge is 2.28. The average Bonchev–Trinajstić information content (AvgIpc) is 3.63. The second-order valence-corrected chi connectivity index (χ2v) is 8.84. The Morgan fingerprint density at radius 2 is 1.66 bits per heavy atom. The van der Waals surface area contributed by atoms with Crippen LogP contribution in [-0.2, 0) is 0 Å². The molecule has 0 saturated heterocycles. The van der Waals surface area contributed by atoms with Crippen LogP contribution < -0.4 is 5.32 Å². The molecule has 3 aromatic rings. The largest absolute Gasteiger partial charge is 0.366 e. The van der Waals surface area contributed by atoms with Gasteiger partial charge in [-0.3, -0.25) is 4.99 Å². The van der Waals surface area contributed by atoms with Crippen molar-refractivity contribution >= 4 is 40.6 Å². The van der Waals surface area contributed by atoms with E-state index in [-0.39, 0.29) is 0 Å². The number of nitrogens with one attached hydrogen (secondary N) is 1. The van der Waals surface area contributed by atoms with E-state index in [0.29, 0.717) is 27.2 Å². The van der Waals surface area contributed by atoms with E-state index in [0.717, 1.165) is 41.3 Å². The van der Waals surface area contributed by atoms with Crippen LogP contribution in [0.2, 0.25) is 15.1 Å². The summed E-state index contributed by atoms with van der Waals surface area (Å²) in [5, 5.41) is 10.3. The number of halogens is 3. The summed E-state index contributed by atoms with van der Waals surface area (Å²) >= 11 is 18.7. The normalized spacial score (nSPS) is 16.9. The van der Waals surface area contributed by atoms with Gasteiger partial charge in [0.2, 0.25) is 0 Å². The summed E-state index contributed by atoms with van der Waals surface area (Å²) in [7, 11) is 0. The summed E-state index contributed by atoms with van der Waals surface area (Å²) in [6.45, 7) is 0. The van der Waals surface area contributed by atoms with Crippen molar-refractivity contribution in [2.75, 3.05) is 0 Å². The number of benzene rings is 2. The van der Waals surface area contributed by atoms with Gasteiger partial charge in [0.15, 0.2) is 0 Å². The Kier molecular flexibility index (Phi) is 5.02. The van der Waals surface area contributed by atoms with Crippen LogP contribution in [0, 0.1) is 0 Å². The molecule has 1 heterocycles. The smallest absolute Gasteiger partial charge is 0.149 e. The van der Waals surface area contributed by atoms with Gasteiger partial charge in [0, 0.05) is 21.7 Å². The van der Waals surface area contributed by atoms with E-state index in [2.05, 4.69) is 11.4 Å². The maximum atomic E-state index is 6.51. The minimum absolute atomic E-state index is 0.402. The topological polar surface area (TPSA) is 42.2 Å². The molecule has 4 nitrogen and oxygen atoms in total. The molecule has 2 aliphatic carbocycles. The molecule has 2 fully saturated rings. The molecular weight excluding hydrogens is 427 g/mol. The lowest BCUT2D eigenvalue weighted by atomic mass is 10.1. The van der Waals surface area contributed by atoms with Crippen LogP contribution in [0.5, 0.6) is 0 Å². The fraction of sp³-hybridized carbons (Fsp3) is 0.273. The molecule has 1 aromatic heterocycles. The molecule has 0 radical (unpaired) electrons. The molecule has 5 rings (SSSR count). The van der Waals surface area contributed by atoms with Crippen LogP contribution in [0.3, 0.4) is 0 Å². The maximum absolute atomic E-state index is 6.51. The predicted molar refractivity (Wildman–Crippen MR) is 120 cm³/mol. The van der Waals surface area contributed by atoms with Gasteiger partial charge >= 0.3 is 0 Å². The highest BCUT2D eigenvalue weighted by Crippen LogP contribution is 2.32. The zero-order valence-electron chi connectivity index (χ0n) is 15.6. The van der Waals surface area contributed by atoms with Crippen molar-refractivity contribution in [3.05, 3.63) is 69.3 Å². The zero-order valence-corrected chi connectivity index (χ0v) is 17.8. The molecule has 2 aliphatic rings. The van der Waals surface area contributed by atoms with Gasteiger partial charge in [-0.25, -0.2) is 4.68 Å². The van der Waals surface area contributed by atoms with Gasteiger partial charge in [-0.15, -0.1) is 0 Å². The third-order valence-corrected chi connectivity index (χ3v) is 5.80. The molecule has 7 heteroatoms. The highest BCUT2D eigenvalue weighted by atomic mass is 35.5. The van der Waals surface area contributed by atoms with Crippen molar-refractivity contribution in [2.24, 2.45) is 4.99 Å². The van der Waals surface area contributed by atoms with Crippen molar-refractivity contribution in [3.8, 4) is 16.9 Å². The Bertz CT molecular complexity index is 1080. The Labute approximate surface area is 184 Å². The summed E-state index contributed by atoms with van der Waals surface area (Å²) in [6, 6.07) is 16.1. The molecule has 2 saturated carbocycles. The van der Waals surface area contributed by atoms with E-state index < -0.39 is 0 Å². The van der Waals surface area contributed by atoms with Gasteiger partial charge in [0.1, 0.15) is 11.5 Å². The van der Waals surface area contributed by atoms with Crippen molar-refractivity contribution < 1.29 is 0 Å². The van der Waals surface area contributed by atoms with Gasteiger partial charge in [-0.1, -0.05) is 46.9 Å². The molecule has 148 valence electrons. The highest BCUT2D eigenvalue weighted by molar-refractivity contribution is 6.35. The molecule has 0 bridgehead atoms. The number of rotatable bonds is 5.